The SMILES string of the molecule is C=CC1CCC(C2CCC(CCC)CC2)CC1.C=CC1CCC(C2CCC(c3ccc(C)cc3)CC2)CC1.C=CCCC1CCC(C2CCC(c3ccc(C)cc3)CC2)CC1. The number of rotatable bonds is 12. The van der Waals surface area contributed by atoms with Gasteiger partial charge in [-0.25, -0.2) is 0 Å². The fraction of sp³-hybridized carbons (Fsp3) is 0.705. The van der Waals surface area contributed by atoms with Gasteiger partial charge in [-0.3, -0.25) is 0 Å². The summed E-state index contributed by atoms with van der Waals surface area (Å²) in [6.07, 6.45) is 47.1. The Hall–Kier alpha value is -2.34. The standard InChI is InChI=1S/C23H34.C21H30.C17H30/c1-3-4-5-19-8-12-21(13-9-19)23-16-14-22(15-17-23)20-10-6-18(2)7-11-20;1-3-17-6-10-19(11-7-17)21-14-12-20(13-15-21)18-8-4-16(2)5-9-18;1-3-5-15-8-12-17(13-9-15)16-10-6-14(4-2)7-11-16/h3,6-7,10-11,19,21-23H,1,4-5,8-9,12-17H2,2H3;3-5,8-9,17,19-21H,1,6-7,10-15H2,2H3;4,14-17H,2-3,5-13H2,1H3. The highest BCUT2D eigenvalue weighted by Gasteiger charge is 2.33. The predicted molar refractivity (Wildman–Crippen MR) is 268 cm³/mol. The molecule has 0 bridgehead atoms. The monoisotopic (exact) mass is 827 g/mol. The second-order valence-electron chi connectivity index (χ2n) is 22.1. The summed E-state index contributed by atoms with van der Waals surface area (Å²) in [5.74, 6) is 11.6. The van der Waals surface area contributed by atoms with E-state index in [2.05, 4.69) is 107 Å². The van der Waals surface area contributed by atoms with E-state index in [1.54, 1.807) is 11.1 Å². The summed E-state index contributed by atoms with van der Waals surface area (Å²) in [6, 6.07) is 18.6. The molecule has 0 spiro atoms. The Morgan fingerprint density at radius 2 is 0.689 bits per heavy atom. The van der Waals surface area contributed by atoms with Crippen molar-refractivity contribution >= 4 is 0 Å². The van der Waals surface area contributed by atoms with Crippen molar-refractivity contribution in [3.8, 4) is 0 Å². The van der Waals surface area contributed by atoms with Gasteiger partial charge in [0.1, 0.15) is 0 Å². The van der Waals surface area contributed by atoms with Crippen LogP contribution >= 0.6 is 0 Å². The first-order chi connectivity index (χ1) is 29.8. The van der Waals surface area contributed by atoms with Crippen LogP contribution in [0.25, 0.3) is 0 Å². The lowest BCUT2D eigenvalue weighted by atomic mass is 9.68. The molecule has 0 nitrogen and oxygen atoms in total. The molecular weight excluding hydrogens is 733 g/mol. The quantitative estimate of drug-likeness (QED) is 0.187. The number of aryl methyl sites for hydroxylation is 2. The van der Waals surface area contributed by atoms with E-state index in [0.29, 0.717) is 0 Å². The van der Waals surface area contributed by atoms with Crippen LogP contribution in [0.2, 0.25) is 0 Å². The Labute approximate surface area is 378 Å². The van der Waals surface area contributed by atoms with Crippen LogP contribution < -0.4 is 0 Å². The highest BCUT2D eigenvalue weighted by Crippen LogP contribution is 2.46. The van der Waals surface area contributed by atoms with E-state index in [1.165, 1.54) is 191 Å². The molecule has 0 atom stereocenters. The molecule has 0 amide bonds. The normalized spacial score (nSPS) is 34.3. The number of hydrogen-bond donors (Lipinski definition) is 0. The molecule has 0 N–H and O–H groups in total. The molecule has 0 aromatic heterocycles. The van der Waals surface area contributed by atoms with Gasteiger partial charge in [-0.1, -0.05) is 123 Å². The first-order valence-corrected chi connectivity index (χ1v) is 26.8. The number of benzene rings is 2. The molecule has 0 aliphatic heterocycles. The van der Waals surface area contributed by atoms with Crippen molar-refractivity contribution in [1.82, 2.24) is 0 Å². The highest BCUT2D eigenvalue weighted by atomic mass is 14.4. The fourth-order valence-electron chi connectivity index (χ4n) is 13.9. The Morgan fingerprint density at radius 3 is 0.984 bits per heavy atom. The van der Waals surface area contributed by atoms with Crippen LogP contribution in [0.5, 0.6) is 0 Å². The van der Waals surface area contributed by atoms with Crippen molar-refractivity contribution in [1.29, 1.82) is 0 Å². The largest absolute Gasteiger partial charge is 0.103 e. The van der Waals surface area contributed by atoms with Gasteiger partial charge >= 0.3 is 0 Å². The third kappa shape index (κ3) is 15.1. The Bertz CT molecular complexity index is 1480. The van der Waals surface area contributed by atoms with Crippen LogP contribution in [0.4, 0.5) is 0 Å². The molecule has 61 heavy (non-hydrogen) atoms. The van der Waals surface area contributed by atoms with Gasteiger partial charge in [0.25, 0.3) is 0 Å². The second kappa shape index (κ2) is 25.8. The first kappa shape index (κ1) is 48.1. The van der Waals surface area contributed by atoms with E-state index in [0.717, 1.165) is 71.0 Å². The Kier molecular flexibility index (Phi) is 20.4. The van der Waals surface area contributed by atoms with E-state index < -0.39 is 0 Å². The van der Waals surface area contributed by atoms with Gasteiger partial charge in [0.05, 0.1) is 0 Å². The lowest BCUT2D eigenvalue weighted by Crippen LogP contribution is -2.25. The van der Waals surface area contributed by atoms with Gasteiger partial charge in [-0.15, -0.1) is 19.7 Å². The maximum absolute atomic E-state index is 3.97. The molecule has 0 radical (unpaired) electrons. The van der Waals surface area contributed by atoms with E-state index in [9.17, 15) is 0 Å². The van der Waals surface area contributed by atoms with Gasteiger partial charge in [0.2, 0.25) is 0 Å². The molecule has 8 rings (SSSR count). The zero-order chi connectivity index (χ0) is 42.8. The lowest BCUT2D eigenvalue weighted by molar-refractivity contribution is 0.152. The van der Waals surface area contributed by atoms with Crippen molar-refractivity contribution in [2.45, 2.75) is 212 Å². The summed E-state index contributed by atoms with van der Waals surface area (Å²) >= 11 is 0. The van der Waals surface area contributed by atoms with Gasteiger partial charge in [0, 0.05) is 0 Å². The van der Waals surface area contributed by atoms with Crippen molar-refractivity contribution in [2.75, 3.05) is 0 Å². The van der Waals surface area contributed by atoms with Gasteiger partial charge in [0.15, 0.2) is 0 Å². The average Bonchev–Trinajstić information content (AvgIpc) is 3.32. The summed E-state index contributed by atoms with van der Waals surface area (Å²) in [5.41, 5.74) is 5.93. The van der Waals surface area contributed by atoms with Crippen molar-refractivity contribution in [3.63, 3.8) is 0 Å². The number of allylic oxidation sites excluding steroid dienone is 3. The topological polar surface area (TPSA) is 0 Å². The maximum Gasteiger partial charge on any atom is -0.0162 e. The maximum atomic E-state index is 3.97. The minimum atomic E-state index is 0.810. The van der Waals surface area contributed by atoms with E-state index >= 15 is 0 Å². The molecule has 2 aromatic rings. The van der Waals surface area contributed by atoms with Crippen molar-refractivity contribution in [2.24, 2.45) is 59.2 Å². The zero-order valence-corrected chi connectivity index (χ0v) is 40.2. The highest BCUT2D eigenvalue weighted by molar-refractivity contribution is 5.26. The Balaban J connectivity index is 0.000000155. The minimum absolute atomic E-state index is 0.810. The Morgan fingerprint density at radius 1 is 0.393 bits per heavy atom. The number of hydrogen-bond acceptors (Lipinski definition) is 0. The van der Waals surface area contributed by atoms with Crippen LogP contribution in [-0.4, -0.2) is 0 Å². The molecular formula is C61H94. The summed E-state index contributed by atoms with van der Waals surface area (Å²) < 4.78 is 0. The molecule has 6 fully saturated rings. The van der Waals surface area contributed by atoms with Gasteiger partial charge in [-0.05, 0) is 237 Å². The van der Waals surface area contributed by atoms with Crippen LogP contribution in [0.15, 0.2) is 86.5 Å². The predicted octanol–water partition coefficient (Wildman–Crippen LogP) is 18.9. The molecule has 0 heterocycles. The molecule has 6 aliphatic rings. The molecule has 2 aromatic carbocycles. The smallest absolute Gasteiger partial charge is 0.0162 e. The lowest BCUT2D eigenvalue weighted by Gasteiger charge is -2.38. The summed E-state index contributed by atoms with van der Waals surface area (Å²) in [7, 11) is 0. The molecule has 0 heteroatoms. The van der Waals surface area contributed by atoms with Crippen LogP contribution in [0.1, 0.15) is 221 Å². The molecule has 6 aliphatic carbocycles. The summed E-state index contributed by atoms with van der Waals surface area (Å²) in [4.78, 5) is 0. The van der Waals surface area contributed by atoms with Gasteiger partial charge in [-0.2, -0.15) is 0 Å². The zero-order valence-electron chi connectivity index (χ0n) is 40.2. The summed E-state index contributed by atoms with van der Waals surface area (Å²) in [6.45, 7) is 18.5. The third-order valence-corrected chi connectivity index (χ3v) is 18.2. The molecule has 0 saturated heterocycles. The minimum Gasteiger partial charge on any atom is -0.103 e. The fourth-order valence-corrected chi connectivity index (χ4v) is 13.9. The molecule has 0 unspecified atom stereocenters. The van der Waals surface area contributed by atoms with E-state index in [1.807, 2.05) is 0 Å². The second-order valence-corrected chi connectivity index (χ2v) is 22.1. The van der Waals surface area contributed by atoms with Crippen molar-refractivity contribution in [3.05, 3.63) is 109 Å². The molecule has 6 saturated carbocycles. The van der Waals surface area contributed by atoms with Crippen LogP contribution in [0, 0.1) is 73.0 Å². The van der Waals surface area contributed by atoms with E-state index in [4.69, 9.17) is 0 Å². The van der Waals surface area contributed by atoms with Gasteiger partial charge < -0.3 is 0 Å². The average molecular weight is 827 g/mol. The summed E-state index contributed by atoms with van der Waals surface area (Å²) in [5, 5.41) is 0. The van der Waals surface area contributed by atoms with Crippen LogP contribution in [-0.2, 0) is 0 Å². The van der Waals surface area contributed by atoms with Crippen molar-refractivity contribution < 1.29 is 0 Å². The van der Waals surface area contributed by atoms with E-state index in [-0.39, 0.29) is 0 Å². The molecule has 338 valence electrons. The third-order valence-electron chi connectivity index (χ3n) is 18.2. The first-order valence-electron chi connectivity index (χ1n) is 26.8. The van der Waals surface area contributed by atoms with Crippen LogP contribution in [0.3, 0.4) is 0 Å².